The maximum atomic E-state index is 13.4. The summed E-state index contributed by atoms with van der Waals surface area (Å²) in [4.78, 5) is 11.8. The van der Waals surface area contributed by atoms with Gasteiger partial charge in [0, 0.05) is 35.2 Å². The van der Waals surface area contributed by atoms with E-state index < -0.39 is 0 Å². The molecule has 2 N–H and O–H groups in total. The summed E-state index contributed by atoms with van der Waals surface area (Å²) in [5, 5.41) is 5.87. The van der Waals surface area contributed by atoms with Crippen LogP contribution in [-0.2, 0) is 11.3 Å². The highest BCUT2D eigenvalue weighted by Crippen LogP contribution is 2.15. The van der Waals surface area contributed by atoms with Crippen LogP contribution in [0.25, 0.3) is 0 Å². The Labute approximate surface area is 131 Å². The molecule has 0 spiro atoms. The molecule has 0 atom stereocenters. The van der Waals surface area contributed by atoms with E-state index in [9.17, 15) is 9.18 Å². The first-order valence-electron chi connectivity index (χ1n) is 6.65. The number of hydrogen-bond donors (Lipinski definition) is 2. The average molecular weight is 351 g/mol. The van der Waals surface area contributed by atoms with Crippen molar-refractivity contribution in [3.63, 3.8) is 0 Å². The molecular formula is C16H16BrFN2O. The first-order valence-corrected chi connectivity index (χ1v) is 7.44. The van der Waals surface area contributed by atoms with Crippen LogP contribution in [-0.4, -0.2) is 12.5 Å². The van der Waals surface area contributed by atoms with Crippen molar-refractivity contribution >= 4 is 27.5 Å². The van der Waals surface area contributed by atoms with Gasteiger partial charge in [0.2, 0.25) is 5.91 Å². The topological polar surface area (TPSA) is 41.1 Å². The normalized spacial score (nSPS) is 10.4. The first kappa shape index (κ1) is 15.7. The highest BCUT2D eigenvalue weighted by Gasteiger charge is 2.03. The smallest absolute Gasteiger partial charge is 0.225 e. The monoisotopic (exact) mass is 350 g/mol. The number of carbonyl (C=O) groups excluding carboxylic acids is 1. The minimum Gasteiger partial charge on any atom is -0.326 e. The molecule has 0 saturated heterocycles. The van der Waals surface area contributed by atoms with Crippen LogP contribution >= 0.6 is 15.9 Å². The molecule has 0 aromatic heterocycles. The van der Waals surface area contributed by atoms with Crippen molar-refractivity contribution in [2.45, 2.75) is 13.0 Å². The minimum absolute atomic E-state index is 0.0749. The molecule has 1 amide bonds. The molecule has 0 heterocycles. The molecule has 0 aliphatic rings. The number of halogens is 2. The molecule has 0 bridgehead atoms. The van der Waals surface area contributed by atoms with E-state index in [4.69, 9.17) is 0 Å². The van der Waals surface area contributed by atoms with E-state index in [0.29, 0.717) is 25.1 Å². The van der Waals surface area contributed by atoms with Gasteiger partial charge in [-0.25, -0.2) is 4.39 Å². The molecule has 0 unspecified atom stereocenters. The number of carbonyl (C=O) groups is 1. The molecule has 0 saturated carbocycles. The highest BCUT2D eigenvalue weighted by atomic mass is 79.9. The van der Waals surface area contributed by atoms with Crippen molar-refractivity contribution in [2.24, 2.45) is 0 Å². The quantitative estimate of drug-likeness (QED) is 0.779. The average Bonchev–Trinajstić information content (AvgIpc) is 2.45. The van der Waals surface area contributed by atoms with Gasteiger partial charge in [0.25, 0.3) is 0 Å². The van der Waals surface area contributed by atoms with Crippen LogP contribution < -0.4 is 10.6 Å². The molecule has 0 fully saturated rings. The predicted octanol–water partition coefficient (Wildman–Crippen LogP) is 3.71. The largest absolute Gasteiger partial charge is 0.326 e. The molecule has 2 aromatic rings. The molecule has 110 valence electrons. The third-order valence-electron chi connectivity index (χ3n) is 2.91. The second kappa shape index (κ2) is 7.90. The number of benzene rings is 2. The van der Waals surface area contributed by atoms with Gasteiger partial charge in [-0.2, -0.15) is 0 Å². The zero-order chi connectivity index (χ0) is 15.1. The van der Waals surface area contributed by atoms with Gasteiger partial charge in [0.05, 0.1) is 0 Å². The van der Waals surface area contributed by atoms with E-state index in [1.165, 1.54) is 6.07 Å². The van der Waals surface area contributed by atoms with Gasteiger partial charge in [-0.15, -0.1) is 0 Å². The molecular weight excluding hydrogens is 335 g/mol. The van der Waals surface area contributed by atoms with Crippen LogP contribution in [0.1, 0.15) is 12.0 Å². The molecule has 5 heteroatoms. The van der Waals surface area contributed by atoms with Crippen LogP contribution in [0.2, 0.25) is 0 Å². The maximum Gasteiger partial charge on any atom is 0.225 e. The van der Waals surface area contributed by atoms with Gasteiger partial charge >= 0.3 is 0 Å². The van der Waals surface area contributed by atoms with Crippen molar-refractivity contribution < 1.29 is 9.18 Å². The highest BCUT2D eigenvalue weighted by molar-refractivity contribution is 9.10. The van der Waals surface area contributed by atoms with Crippen LogP contribution in [0.4, 0.5) is 10.1 Å². The van der Waals surface area contributed by atoms with Crippen molar-refractivity contribution in [3.05, 3.63) is 64.4 Å². The summed E-state index contributed by atoms with van der Waals surface area (Å²) in [6, 6.07) is 14.0. The Bertz CT molecular complexity index is 619. The molecule has 2 rings (SSSR count). The summed E-state index contributed by atoms with van der Waals surface area (Å²) in [6.45, 7) is 0.908. The lowest BCUT2D eigenvalue weighted by Crippen LogP contribution is -2.21. The summed E-state index contributed by atoms with van der Waals surface area (Å²) in [7, 11) is 0. The Morgan fingerprint density at radius 1 is 1.14 bits per heavy atom. The molecule has 21 heavy (non-hydrogen) atoms. The molecule has 2 aromatic carbocycles. The fourth-order valence-corrected chi connectivity index (χ4v) is 2.26. The fraction of sp³-hybridized carbons (Fsp3) is 0.188. The van der Waals surface area contributed by atoms with Gasteiger partial charge in [0.1, 0.15) is 5.82 Å². The van der Waals surface area contributed by atoms with Crippen molar-refractivity contribution in [1.29, 1.82) is 0 Å². The minimum atomic E-state index is -0.233. The Morgan fingerprint density at radius 2 is 1.95 bits per heavy atom. The maximum absolute atomic E-state index is 13.4. The van der Waals surface area contributed by atoms with Crippen LogP contribution in [0.3, 0.4) is 0 Å². The summed E-state index contributed by atoms with van der Waals surface area (Å²) >= 11 is 3.35. The zero-order valence-corrected chi connectivity index (χ0v) is 13.0. The number of nitrogens with one attached hydrogen (secondary N) is 2. The van der Waals surface area contributed by atoms with Gasteiger partial charge in [0.15, 0.2) is 0 Å². The third kappa shape index (κ3) is 5.28. The SMILES string of the molecule is O=C(CCNCc1ccccc1F)Nc1cccc(Br)c1. The zero-order valence-electron chi connectivity index (χ0n) is 11.4. The summed E-state index contributed by atoms with van der Waals surface area (Å²) in [5.74, 6) is -0.308. The lowest BCUT2D eigenvalue weighted by Gasteiger charge is -2.07. The van der Waals surface area contributed by atoms with E-state index >= 15 is 0 Å². The van der Waals surface area contributed by atoms with E-state index in [2.05, 4.69) is 26.6 Å². The van der Waals surface area contributed by atoms with E-state index in [0.717, 1.165) is 10.2 Å². The standard InChI is InChI=1S/C16H16BrFN2O/c17-13-5-3-6-14(10-13)20-16(21)8-9-19-11-12-4-1-2-7-15(12)18/h1-7,10,19H,8-9,11H2,(H,20,21). The number of anilines is 1. The summed E-state index contributed by atoms with van der Waals surface area (Å²) in [5.41, 5.74) is 1.35. The summed E-state index contributed by atoms with van der Waals surface area (Å²) < 4.78 is 14.3. The van der Waals surface area contributed by atoms with Crippen molar-refractivity contribution in [1.82, 2.24) is 5.32 Å². The van der Waals surface area contributed by atoms with Crippen molar-refractivity contribution in [2.75, 3.05) is 11.9 Å². The van der Waals surface area contributed by atoms with Gasteiger partial charge in [-0.1, -0.05) is 40.2 Å². The van der Waals surface area contributed by atoms with Gasteiger partial charge in [-0.05, 0) is 24.3 Å². The lowest BCUT2D eigenvalue weighted by molar-refractivity contribution is -0.116. The number of hydrogen-bond acceptors (Lipinski definition) is 2. The van der Waals surface area contributed by atoms with Gasteiger partial charge < -0.3 is 10.6 Å². The lowest BCUT2D eigenvalue weighted by atomic mass is 10.2. The van der Waals surface area contributed by atoms with Crippen LogP contribution in [0.15, 0.2) is 53.0 Å². The molecule has 0 aliphatic carbocycles. The number of amides is 1. The molecule has 0 radical (unpaired) electrons. The van der Waals surface area contributed by atoms with Gasteiger partial charge in [-0.3, -0.25) is 4.79 Å². The third-order valence-corrected chi connectivity index (χ3v) is 3.40. The van der Waals surface area contributed by atoms with E-state index in [1.54, 1.807) is 18.2 Å². The second-order valence-corrected chi connectivity index (χ2v) is 5.49. The Hall–Kier alpha value is -1.72. The summed E-state index contributed by atoms with van der Waals surface area (Å²) in [6.07, 6.45) is 0.334. The Balaban J connectivity index is 1.71. The fourth-order valence-electron chi connectivity index (χ4n) is 1.86. The number of rotatable bonds is 6. The predicted molar refractivity (Wildman–Crippen MR) is 85.5 cm³/mol. The second-order valence-electron chi connectivity index (χ2n) is 4.58. The Morgan fingerprint density at radius 3 is 2.71 bits per heavy atom. The molecule has 3 nitrogen and oxygen atoms in total. The van der Waals surface area contributed by atoms with Crippen molar-refractivity contribution in [3.8, 4) is 0 Å². The molecule has 0 aliphatic heterocycles. The Kier molecular flexibility index (Phi) is 5.90. The van der Waals surface area contributed by atoms with E-state index in [1.807, 2.05) is 24.3 Å². The van der Waals surface area contributed by atoms with E-state index in [-0.39, 0.29) is 11.7 Å². The van der Waals surface area contributed by atoms with Crippen LogP contribution in [0.5, 0.6) is 0 Å². The first-order chi connectivity index (χ1) is 10.1. The van der Waals surface area contributed by atoms with Crippen LogP contribution in [0, 0.1) is 5.82 Å².